The van der Waals surface area contributed by atoms with Crippen molar-refractivity contribution in [1.82, 2.24) is 4.90 Å². The van der Waals surface area contributed by atoms with E-state index in [2.05, 4.69) is 22.2 Å². The predicted molar refractivity (Wildman–Crippen MR) is 89.6 cm³/mol. The SMILES string of the molecule is CN1CCN(c2ccc(CO)cc2NC(C#N)=C(C#N)C#N)CC1. The van der Waals surface area contributed by atoms with Crippen molar-refractivity contribution in [3.63, 3.8) is 0 Å². The van der Waals surface area contributed by atoms with Gasteiger partial charge in [0.25, 0.3) is 0 Å². The zero-order valence-corrected chi connectivity index (χ0v) is 13.5. The zero-order chi connectivity index (χ0) is 17.5. The first-order valence-corrected chi connectivity index (χ1v) is 7.51. The maximum absolute atomic E-state index is 9.36. The van der Waals surface area contributed by atoms with Crippen LogP contribution in [0.4, 0.5) is 11.4 Å². The highest BCUT2D eigenvalue weighted by Gasteiger charge is 2.18. The molecule has 1 aromatic carbocycles. The summed E-state index contributed by atoms with van der Waals surface area (Å²) in [5.41, 5.74) is 1.80. The number of hydrogen-bond acceptors (Lipinski definition) is 7. The molecule has 0 spiro atoms. The van der Waals surface area contributed by atoms with E-state index in [1.807, 2.05) is 18.2 Å². The number of rotatable bonds is 4. The van der Waals surface area contributed by atoms with Crippen LogP contribution >= 0.6 is 0 Å². The van der Waals surface area contributed by atoms with Gasteiger partial charge in [0.1, 0.15) is 23.9 Å². The topological polar surface area (TPSA) is 110 Å². The van der Waals surface area contributed by atoms with Crippen LogP contribution in [0.5, 0.6) is 0 Å². The van der Waals surface area contributed by atoms with E-state index in [1.165, 1.54) is 0 Å². The van der Waals surface area contributed by atoms with E-state index in [4.69, 9.17) is 10.5 Å². The molecule has 24 heavy (non-hydrogen) atoms. The molecule has 0 bridgehead atoms. The molecule has 0 aromatic heterocycles. The Morgan fingerprint density at radius 1 is 1.12 bits per heavy atom. The maximum atomic E-state index is 9.36. The van der Waals surface area contributed by atoms with Gasteiger partial charge in [-0.1, -0.05) is 6.07 Å². The Morgan fingerprint density at radius 2 is 1.79 bits per heavy atom. The van der Waals surface area contributed by atoms with Gasteiger partial charge >= 0.3 is 0 Å². The summed E-state index contributed by atoms with van der Waals surface area (Å²) in [4.78, 5) is 4.41. The Labute approximate surface area is 141 Å². The van der Waals surface area contributed by atoms with Crippen molar-refractivity contribution < 1.29 is 5.11 Å². The monoisotopic (exact) mass is 322 g/mol. The Balaban J connectivity index is 2.41. The second-order valence-electron chi connectivity index (χ2n) is 5.51. The lowest BCUT2D eigenvalue weighted by atomic mass is 10.1. The van der Waals surface area contributed by atoms with Gasteiger partial charge in [-0.3, -0.25) is 0 Å². The van der Waals surface area contributed by atoms with Crippen LogP contribution in [0.2, 0.25) is 0 Å². The molecular formula is C17H18N6O. The third kappa shape index (κ3) is 3.83. The lowest BCUT2D eigenvalue weighted by Crippen LogP contribution is -2.44. The van der Waals surface area contributed by atoms with Gasteiger partial charge in [-0.15, -0.1) is 0 Å². The molecule has 0 aliphatic carbocycles. The molecule has 2 rings (SSSR count). The lowest BCUT2D eigenvalue weighted by molar-refractivity contribution is 0.282. The summed E-state index contributed by atoms with van der Waals surface area (Å²) in [5.74, 6) is 0. The van der Waals surface area contributed by atoms with Gasteiger partial charge in [-0.05, 0) is 24.7 Å². The molecule has 122 valence electrons. The number of hydrogen-bond donors (Lipinski definition) is 2. The van der Waals surface area contributed by atoms with Crippen molar-refractivity contribution in [3.8, 4) is 18.2 Å². The number of nitrogens with one attached hydrogen (secondary N) is 1. The first-order valence-electron chi connectivity index (χ1n) is 7.51. The summed E-state index contributed by atoms with van der Waals surface area (Å²) in [6, 6.07) is 10.7. The summed E-state index contributed by atoms with van der Waals surface area (Å²) in [7, 11) is 2.06. The van der Waals surface area contributed by atoms with E-state index in [9.17, 15) is 10.4 Å². The van der Waals surface area contributed by atoms with Crippen LogP contribution in [0.25, 0.3) is 0 Å². The van der Waals surface area contributed by atoms with Crippen LogP contribution in [0, 0.1) is 34.0 Å². The van der Waals surface area contributed by atoms with Gasteiger partial charge in [-0.25, -0.2) is 0 Å². The first-order chi connectivity index (χ1) is 11.6. The Kier molecular flexibility index (Phi) is 5.76. The van der Waals surface area contributed by atoms with Crippen LogP contribution in [0.1, 0.15) is 5.56 Å². The van der Waals surface area contributed by atoms with Gasteiger partial charge in [0, 0.05) is 26.2 Å². The molecule has 7 nitrogen and oxygen atoms in total. The van der Waals surface area contributed by atoms with Gasteiger partial charge in [0.2, 0.25) is 0 Å². The van der Waals surface area contributed by atoms with Gasteiger partial charge in [-0.2, -0.15) is 15.8 Å². The van der Waals surface area contributed by atoms with Crippen molar-refractivity contribution in [3.05, 3.63) is 35.0 Å². The Hall–Kier alpha value is -3.05. The fourth-order valence-corrected chi connectivity index (χ4v) is 2.52. The molecule has 2 N–H and O–H groups in total. The molecule has 1 aliphatic heterocycles. The number of nitrogens with zero attached hydrogens (tertiary/aromatic N) is 5. The number of benzene rings is 1. The average molecular weight is 322 g/mol. The first kappa shape index (κ1) is 17.3. The summed E-state index contributed by atoms with van der Waals surface area (Å²) in [6.45, 7) is 3.37. The summed E-state index contributed by atoms with van der Waals surface area (Å²) in [5, 5.41) is 39.4. The third-order valence-corrected chi connectivity index (χ3v) is 3.93. The van der Waals surface area contributed by atoms with Crippen LogP contribution in [-0.2, 0) is 6.61 Å². The predicted octanol–water partition coefficient (Wildman–Crippen LogP) is 1.17. The molecule has 1 heterocycles. The van der Waals surface area contributed by atoms with Gasteiger partial charge in [0.05, 0.1) is 18.0 Å². The molecule has 1 saturated heterocycles. The number of aliphatic hydroxyl groups is 1. The minimum Gasteiger partial charge on any atom is -0.392 e. The van der Waals surface area contributed by atoms with Crippen LogP contribution in [-0.4, -0.2) is 43.2 Å². The molecule has 1 aliphatic rings. The highest BCUT2D eigenvalue weighted by atomic mass is 16.3. The quantitative estimate of drug-likeness (QED) is 0.800. The Morgan fingerprint density at radius 3 is 2.33 bits per heavy atom. The second kappa shape index (κ2) is 7.99. The molecule has 0 unspecified atom stereocenters. The number of anilines is 2. The van der Waals surface area contributed by atoms with Crippen LogP contribution in [0.15, 0.2) is 29.5 Å². The average Bonchev–Trinajstić information content (AvgIpc) is 2.62. The van der Waals surface area contributed by atoms with Crippen molar-refractivity contribution in [1.29, 1.82) is 15.8 Å². The second-order valence-corrected chi connectivity index (χ2v) is 5.51. The van der Waals surface area contributed by atoms with E-state index in [-0.39, 0.29) is 17.9 Å². The Bertz CT molecular complexity index is 741. The van der Waals surface area contributed by atoms with E-state index < -0.39 is 0 Å². The molecule has 0 amide bonds. The van der Waals surface area contributed by atoms with Crippen molar-refractivity contribution >= 4 is 11.4 Å². The number of piperazine rings is 1. The summed E-state index contributed by atoms with van der Waals surface area (Å²) >= 11 is 0. The highest BCUT2D eigenvalue weighted by molar-refractivity contribution is 5.75. The van der Waals surface area contributed by atoms with Crippen molar-refractivity contribution in [2.45, 2.75) is 6.61 Å². The fraction of sp³-hybridized carbons (Fsp3) is 0.353. The lowest BCUT2D eigenvalue weighted by Gasteiger charge is -2.35. The van der Waals surface area contributed by atoms with E-state index in [1.54, 1.807) is 18.2 Å². The van der Waals surface area contributed by atoms with Crippen LogP contribution < -0.4 is 10.2 Å². The third-order valence-electron chi connectivity index (χ3n) is 3.93. The normalized spacial score (nSPS) is 14.2. The maximum Gasteiger partial charge on any atom is 0.163 e. The fourth-order valence-electron chi connectivity index (χ4n) is 2.52. The molecule has 1 aromatic rings. The van der Waals surface area contributed by atoms with Crippen LogP contribution in [0.3, 0.4) is 0 Å². The smallest absolute Gasteiger partial charge is 0.163 e. The van der Waals surface area contributed by atoms with E-state index in [0.717, 1.165) is 31.9 Å². The minimum atomic E-state index is -0.267. The molecule has 0 radical (unpaired) electrons. The van der Waals surface area contributed by atoms with E-state index >= 15 is 0 Å². The number of aliphatic hydroxyl groups excluding tert-OH is 1. The van der Waals surface area contributed by atoms with Gasteiger partial charge < -0.3 is 20.2 Å². The number of nitriles is 3. The molecular weight excluding hydrogens is 304 g/mol. The highest BCUT2D eigenvalue weighted by Crippen LogP contribution is 2.29. The van der Waals surface area contributed by atoms with Crippen molar-refractivity contribution in [2.24, 2.45) is 0 Å². The standard InChI is InChI=1S/C17H18N6O/c1-22-4-6-23(7-5-22)17-3-2-13(12-24)8-15(17)21-16(11-20)14(9-18)10-19/h2-3,8,21,24H,4-7,12H2,1H3. The number of likely N-dealkylation sites (N-methyl/N-ethyl adjacent to an activating group) is 1. The largest absolute Gasteiger partial charge is 0.392 e. The summed E-state index contributed by atoms with van der Waals surface area (Å²) < 4.78 is 0. The number of allylic oxidation sites excluding steroid dienone is 2. The molecule has 0 saturated carbocycles. The molecule has 7 heteroatoms. The van der Waals surface area contributed by atoms with E-state index in [0.29, 0.717) is 11.3 Å². The van der Waals surface area contributed by atoms with Gasteiger partial charge in [0.15, 0.2) is 5.57 Å². The molecule has 0 atom stereocenters. The van der Waals surface area contributed by atoms with Crippen molar-refractivity contribution in [2.75, 3.05) is 43.4 Å². The molecule has 1 fully saturated rings. The summed E-state index contributed by atoms with van der Waals surface area (Å²) in [6.07, 6.45) is 0. The minimum absolute atomic E-state index is 0.0922. The zero-order valence-electron chi connectivity index (χ0n) is 13.5.